The fourth-order valence-electron chi connectivity index (χ4n) is 4.11. The Kier molecular flexibility index (Phi) is 6.82. The maximum absolute atomic E-state index is 12.9. The molecule has 2 fully saturated rings. The smallest absolute Gasteiger partial charge is 0.338 e. The molecule has 2 aliphatic rings. The molecule has 1 saturated carbocycles. The first-order chi connectivity index (χ1) is 13.7. The van der Waals surface area contributed by atoms with E-state index in [1.165, 1.54) is 0 Å². The zero-order valence-corrected chi connectivity index (χ0v) is 17.8. The average molecular weight is 424 g/mol. The molecule has 29 heavy (non-hydrogen) atoms. The molecule has 0 N–H and O–H groups in total. The van der Waals surface area contributed by atoms with Gasteiger partial charge in [-0.3, -0.25) is 4.79 Å². The molecule has 1 aliphatic carbocycles. The lowest BCUT2D eigenvalue weighted by Crippen LogP contribution is -2.48. The molecule has 0 aromatic heterocycles. The van der Waals surface area contributed by atoms with Gasteiger partial charge >= 0.3 is 5.97 Å². The number of rotatable bonds is 7. The summed E-state index contributed by atoms with van der Waals surface area (Å²) in [6.45, 7) is 3.45. The first-order valence-corrected chi connectivity index (χ1v) is 12.0. The van der Waals surface area contributed by atoms with Crippen molar-refractivity contribution in [3.8, 4) is 5.75 Å². The summed E-state index contributed by atoms with van der Waals surface area (Å²) in [6, 6.07) is 6.29. The largest absolute Gasteiger partial charge is 0.491 e. The summed E-state index contributed by atoms with van der Waals surface area (Å²) in [6.07, 6.45) is 4.28. The van der Waals surface area contributed by atoms with E-state index in [2.05, 4.69) is 0 Å². The summed E-state index contributed by atoms with van der Waals surface area (Å²) >= 11 is 0. The standard InChI is InChI=1S/C21H29NO6S/c1-15(2)28-19-9-7-16(8-10-19)21(24)27-13-20(23)22(17-5-3-4-6-17)18-11-12-29(25,26)14-18/h7-10,15,17-18H,3-6,11-14H2,1-2H3/t18-/m1/s1. The molecule has 160 valence electrons. The second-order valence-corrected chi connectivity index (χ2v) is 10.3. The summed E-state index contributed by atoms with van der Waals surface area (Å²) in [5.41, 5.74) is 0.338. The quantitative estimate of drug-likeness (QED) is 0.626. The minimum absolute atomic E-state index is 0.000496. The first-order valence-electron chi connectivity index (χ1n) is 10.2. The summed E-state index contributed by atoms with van der Waals surface area (Å²) < 4.78 is 34.6. The maximum Gasteiger partial charge on any atom is 0.338 e. The number of amides is 1. The Bertz CT molecular complexity index is 827. The van der Waals surface area contributed by atoms with Crippen molar-refractivity contribution < 1.29 is 27.5 Å². The summed E-state index contributed by atoms with van der Waals surface area (Å²) in [4.78, 5) is 26.9. The Labute approximate surface area is 172 Å². The predicted octanol–water partition coefficient (Wildman–Crippen LogP) is 2.59. The molecule has 1 aliphatic heterocycles. The van der Waals surface area contributed by atoms with Crippen LogP contribution in [0.5, 0.6) is 5.75 Å². The number of esters is 1. The first kappa shape index (κ1) is 21.6. The molecule has 1 heterocycles. The lowest BCUT2D eigenvalue weighted by atomic mass is 10.1. The molecule has 0 radical (unpaired) electrons. The van der Waals surface area contributed by atoms with Crippen LogP contribution in [0.3, 0.4) is 0 Å². The van der Waals surface area contributed by atoms with Crippen LogP contribution in [0.1, 0.15) is 56.3 Å². The van der Waals surface area contributed by atoms with Gasteiger partial charge in [-0.15, -0.1) is 0 Å². The summed E-state index contributed by atoms with van der Waals surface area (Å²) in [5.74, 6) is -0.131. The zero-order chi connectivity index (χ0) is 21.0. The molecule has 1 aromatic rings. The van der Waals surface area contributed by atoms with Crippen molar-refractivity contribution in [3.63, 3.8) is 0 Å². The number of hydrogen-bond acceptors (Lipinski definition) is 6. The number of sulfone groups is 1. The fourth-order valence-corrected chi connectivity index (χ4v) is 5.82. The fraction of sp³-hybridized carbons (Fsp3) is 0.619. The molecule has 1 amide bonds. The third-order valence-electron chi connectivity index (χ3n) is 5.40. The van der Waals surface area contributed by atoms with E-state index in [0.717, 1.165) is 25.7 Å². The molecule has 8 heteroatoms. The van der Waals surface area contributed by atoms with E-state index in [9.17, 15) is 18.0 Å². The molecule has 1 atom stereocenters. The van der Waals surface area contributed by atoms with Gasteiger partial charge in [-0.2, -0.15) is 0 Å². The summed E-state index contributed by atoms with van der Waals surface area (Å²) in [5, 5.41) is 0. The molecule has 1 saturated heterocycles. The van der Waals surface area contributed by atoms with Crippen LogP contribution >= 0.6 is 0 Å². The molecular weight excluding hydrogens is 394 g/mol. The molecular formula is C21H29NO6S. The second kappa shape index (κ2) is 9.15. The third kappa shape index (κ3) is 5.72. The predicted molar refractivity (Wildman–Crippen MR) is 109 cm³/mol. The van der Waals surface area contributed by atoms with Crippen molar-refractivity contribution in [2.24, 2.45) is 0 Å². The molecule has 1 aromatic carbocycles. The van der Waals surface area contributed by atoms with Gasteiger partial charge in [-0.05, 0) is 57.4 Å². The average Bonchev–Trinajstić information content (AvgIpc) is 3.30. The minimum Gasteiger partial charge on any atom is -0.491 e. The highest BCUT2D eigenvalue weighted by molar-refractivity contribution is 7.91. The van der Waals surface area contributed by atoms with E-state index in [1.54, 1.807) is 29.2 Å². The number of carbonyl (C=O) groups excluding carboxylic acids is 2. The van der Waals surface area contributed by atoms with E-state index in [1.807, 2.05) is 13.8 Å². The Morgan fingerprint density at radius 3 is 2.28 bits per heavy atom. The van der Waals surface area contributed by atoms with Gasteiger partial charge < -0.3 is 14.4 Å². The molecule has 0 unspecified atom stereocenters. The van der Waals surface area contributed by atoms with Crippen LogP contribution in [0.4, 0.5) is 0 Å². The van der Waals surface area contributed by atoms with E-state index >= 15 is 0 Å². The normalized spacial score (nSPS) is 21.3. The van der Waals surface area contributed by atoms with E-state index in [0.29, 0.717) is 17.7 Å². The van der Waals surface area contributed by atoms with E-state index in [4.69, 9.17) is 9.47 Å². The minimum atomic E-state index is -3.10. The van der Waals surface area contributed by atoms with Crippen molar-refractivity contribution in [3.05, 3.63) is 29.8 Å². The van der Waals surface area contributed by atoms with Crippen LogP contribution in [0.15, 0.2) is 24.3 Å². The lowest BCUT2D eigenvalue weighted by molar-refractivity contribution is -0.139. The van der Waals surface area contributed by atoms with Crippen molar-refractivity contribution >= 4 is 21.7 Å². The van der Waals surface area contributed by atoms with Crippen LogP contribution in [-0.2, 0) is 19.4 Å². The highest BCUT2D eigenvalue weighted by Crippen LogP contribution is 2.29. The second-order valence-electron chi connectivity index (χ2n) is 8.06. The Morgan fingerprint density at radius 2 is 1.72 bits per heavy atom. The van der Waals surface area contributed by atoms with Crippen LogP contribution < -0.4 is 4.74 Å². The van der Waals surface area contributed by atoms with Crippen molar-refractivity contribution in [1.29, 1.82) is 0 Å². The monoisotopic (exact) mass is 423 g/mol. The third-order valence-corrected chi connectivity index (χ3v) is 7.15. The van der Waals surface area contributed by atoms with Gasteiger partial charge in [0.15, 0.2) is 16.4 Å². The lowest BCUT2D eigenvalue weighted by Gasteiger charge is -2.33. The van der Waals surface area contributed by atoms with Crippen molar-refractivity contribution in [1.82, 2.24) is 4.90 Å². The van der Waals surface area contributed by atoms with Gasteiger partial charge in [-0.25, -0.2) is 13.2 Å². The van der Waals surface area contributed by atoms with Gasteiger partial charge in [0, 0.05) is 12.1 Å². The van der Waals surface area contributed by atoms with Gasteiger partial charge in [0.25, 0.3) is 5.91 Å². The van der Waals surface area contributed by atoms with E-state index < -0.39 is 15.8 Å². The number of hydrogen-bond donors (Lipinski definition) is 0. The van der Waals surface area contributed by atoms with Gasteiger partial charge in [-0.1, -0.05) is 12.8 Å². The SMILES string of the molecule is CC(C)Oc1ccc(C(=O)OCC(=O)N(C2CCCC2)[C@@H]2CCS(=O)(=O)C2)cc1. The van der Waals surface area contributed by atoms with Crippen LogP contribution in [0.25, 0.3) is 0 Å². The highest BCUT2D eigenvalue weighted by atomic mass is 32.2. The number of nitrogens with zero attached hydrogens (tertiary/aromatic N) is 1. The maximum atomic E-state index is 12.9. The molecule has 0 spiro atoms. The number of ether oxygens (including phenoxy) is 2. The van der Waals surface area contributed by atoms with Gasteiger partial charge in [0.1, 0.15) is 5.75 Å². The van der Waals surface area contributed by atoms with Crippen molar-refractivity contribution in [2.45, 2.75) is 64.1 Å². The van der Waals surface area contributed by atoms with Crippen LogP contribution in [0, 0.1) is 0 Å². The van der Waals surface area contributed by atoms with Crippen LogP contribution in [-0.4, -0.2) is 61.5 Å². The number of carbonyl (C=O) groups is 2. The Morgan fingerprint density at radius 1 is 1.07 bits per heavy atom. The molecule has 0 bridgehead atoms. The zero-order valence-electron chi connectivity index (χ0n) is 17.0. The molecule has 3 rings (SSSR count). The Balaban J connectivity index is 1.61. The van der Waals surface area contributed by atoms with Gasteiger partial charge in [0.2, 0.25) is 0 Å². The number of benzene rings is 1. The topological polar surface area (TPSA) is 90.0 Å². The summed E-state index contributed by atoms with van der Waals surface area (Å²) in [7, 11) is -3.10. The van der Waals surface area contributed by atoms with Crippen LogP contribution in [0.2, 0.25) is 0 Å². The Hall–Kier alpha value is -2.09. The van der Waals surface area contributed by atoms with E-state index in [-0.39, 0.29) is 42.2 Å². The van der Waals surface area contributed by atoms with Crippen molar-refractivity contribution in [2.75, 3.05) is 18.1 Å². The highest BCUT2D eigenvalue weighted by Gasteiger charge is 2.39. The van der Waals surface area contributed by atoms with Gasteiger partial charge in [0.05, 0.1) is 23.2 Å². The molecule has 7 nitrogen and oxygen atoms in total.